The van der Waals surface area contributed by atoms with E-state index in [1.165, 1.54) is 0 Å². The number of nitrogens with two attached hydrogens (primary N) is 1. The lowest BCUT2D eigenvalue weighted by Gasteiger charge is -2.19. The molecule has 2 rings (SSSR count). The molecule has 0 aromatic carbocycles. The smallest absolute Gasteiger partial charge is 0.344 e. The zero-order chi connectivity index (χ0) is 14.9. The number of nitrogens with one attached hydrogen (secondary N) is 1. The molecule has 1 heterocycles. The summed E-state index contributed by atoms with van der Waals surface area (Å²) < 4.78 is 36.8. The normalized spacial score (nSPS) is 30.9. The molecule has 2 fully saturated rings. The summed E-state index contributed by atoms with van der Waals surface area (Å²) in [6, 6.07) is -0.839. The third kappa shape index (κ3) is 3.62. The van der Waals surface area contributed by atoms with Gasteiger partial charge in [0.05, 0.1) is 0 Å². The second kappa shape index (κ2) is 5.59. The summed E-state index contributed by atoms with van der Waals surface area (Å²) in [5.74, 6) is -1.16. The number of hydrogen-bond acceptors (Lipinski definition) is 3. The molecule has 1 saturated carbocycles. The van der Waals surface area contributed by atoms with E-state index in [1.54, 1.807) is 0 Å². The van der Waals surface area contributed by atoms with Crippen molar-refractivity contribution in [1.82, 2.24) is 10.2 Å². The number of likely N-dealkylation sites (tertiary alicyclic amines) is 1. The Bertz CT molecular complexity index is 400. The fourth-order valence-electron chi connectivity index (χ4n) is 2.79. The Labute approximate surface area is 114 Å². The van der Waals surface area contributed by atoms with Gasteiger partial charge in [0.15, 0.2) is 0 Å². The first-order valence-corrected chi connectivity index (χ1v) is 6.68. The van der Waals surface area contributed by atoms with Gasteiger partial charge in [0.2, 0.25) is 11.8 Å². The van der Waals surface area contributed by atoms with Gasteiger partial charge in [0.1, 0.15) is 12.6 Å². The second-order valence-corrected chi connectivity index (χ2v) is 5.49. The monoisotopic (exact) mass is 293 g/mol. The highest BCUT2D eigenvalue weighted by Crippen LogP contribution is 2.25. The van der Waals surface area contributed by atoms with Crippen LogP contribution in [0, 0.1) is 5.92 Å². The Balaban J connectivity index is 1.85. The molecule has 8 heteroatoms. The van der Waals surface area contributed by atoms with Crippen molar-refractivity contribution in [1.29, 1.82) is 0 Å². The number of carbonyl (C=O) groups excluding carboxylic acids is 2. The van der Waals surface area contributed by atoms with Crippen molar-refractivity contribution in [2.24, 2.45) is 11.7 Å². The number of halogens is 3. The van der Waals surface area contributed by atoms with Crippen molar-refractivity contribution in [2.45, 2.75) is 43.9 Å². The summed E-state index contributed by atoms with van der Waals surface area (Å²) in [5, 5.41) is 2.55. The van der Waals surface area contributed by atoms with E-state index in [1.807, 2.05) is 0 Å². The zero-order valence-corrected chi connectivity index (χ0v) is 10.9. The molecule has 2 amide bonds. The van der Waals surface area contributed by atoms with Gasteiger partial charge in [0.25, 0.3) is 0 Å². The minimum absolute atomic E-state index is 0.00763. The minimum Gasteiger partial charge on any atom is -0.344 e. The fourth-order valence-corrected chi connectivity index (χ4v) is 2.79. The molecule has 1 aliphatic carbocycles. The van der Waals surface area contributed by atoms with Gasteiger partial charge in [-0.05, 0) is 25.7 Å². The van der Waals surface area contributed by atoms with Crippen LogP contribution in [-0.2, 0) is 9.59 Å². The third-order valence-electron chi connectivity index (χ3n) is 3.83. The van der Waals surface area contributed by atoms with Gasteiger partial charge in [0, 0.05) is 18.5 Å². The van der Waals surface area contributed by atoms with Crippen LogP contribution in [-0.4, -0.2) is 48.1 Å². The van der Waals surface area contributed by atoms with Gasteiger partial charge < -0.3 is 16.0 Å². The highest BCUT2D eigenvalue weighted by molar-refractivity contribution is 5.90. The van der Waals surface area contributed by atoms with Crippen LogP contribution in [0.3, 0.4) is 0 Å². The molecule has 3 unspecified atom stereocenters. The minimum atomic E-state index is -4.41. The van der Waals surface area contributed by atoms with Crippen molar-refractivity contribution in [3.05, 3.63) is 0 Å². The van der Waals surface area contributed by atoms with Gasteiger partial charge in [-0.2, -0.15) is 13.2 Å². The predicted octanol–water partition coefficient (Wildman–Crippen LogP) is 0.393. The molecule has 2 aliphatic rings. The number of amides is 2. The van der Waals surface area contributed by atoms with Gasteiger partial charge >= 0.3 is 6.18 Å². The summed E-state index contributed by atoms with van der Waals surface area (Å²) in [6.45, 7) is -1.24. The molecule has 0 bridgehead atoms. The third-order valence-corrected chi connectivity index (χ3v) is 3.83. The maximum absolute atomic E-state index is 12.3. The Hall–Kier alpha value is -1.31. The molecular formula is C12H18F3N3O2. The number of carbonyl (C=O) groups is 2. The molecule has 20 heavy (non-hydrogen) atoms. The lowest BCUT2D eigenvalue weighted by Crippen LogP contribution is -2.45. The fraction of sp³-hybridized carbons (Fsp3) is 0.833. The van der Waals surface area contributed by atoms with E-state index in [9.17, 15) is 22.8 Å². The van der Waals surface area contributed by atoms with Crippen LogP contribution in [0.2, 0.25) is 0 Å². The van der Waals surface area contributed by atoms with Crippen molar-refractivity contribution in [3.8, 4) is 0 Å². The van der Waals surface area contributed by atoms with E-state index < -0.39 is 24.7 Å². The molecule has 0 aromatic heterocycles. The summed E-state index contributed by atoms with van der Waals surface area (Å²) in [6.07, 6.45) is -2.19. The summed E-state index contributed by atoms with van der Waals surface area (Å²) in [7, 11) is 0. The maximum Gasteiger partial charge on any atom is 0.406 e. The van der Waals surface area contributed by atoms with Crippen LogP contribution in [0.4, 0.5) is 13.2 Å². The zero-order valence-electron chi connectivity index (χ0n) is 10.9. The van der Waals surface area contributed by atoms with E-state index in [2.05, 4.69) is 5.32 Å². The van der Waals surface area contributed by atoms with E-state index >= 15 is 0 Å². The standard InChI is InChI=1S/C12H18F3N3O2/c13-12(14,15)6-18-4-3-9(11(18)20)17-10(19)7-1-2-8(16)5-7/h7-9H,1-6,16H2,(H,17,19). The molecule has 3 atom stereocenters. The first kappa shape index (κ1) is 15.1. The van der Waals surface area contributed by atoms with E-state index in [4.69, 9.17) is 5.73 Å². The van der Waals surface area contributed by atoms with E-state index in [-0.39, 0.29) is 30.8 Å². The molecule has 3 N–H and O–H groups in total. The van der Waals surface area contributed by atoms with Crippen LogP contribution < -0.4 is 11.1 Å². The van der Waals surface area contributed by atoms with Gasteiger partial charge in [-0.1, -0.05) is 0 Å². The van der Waals surface area contributed by atoms with Crippen LogP contribution >= 0.6 is 0 Å². The molecule has 1 saturated heterocycles. The Morgan fingerprint density at radius 3 is 2.60 bits per heavy atom. The summed E-state index contributed by atoms with van der Waals surface area (Å²) in [5.41, 5.74) is 5.71. The quantitative estimate of drug-likeness (QED) is 0.790. The number of hydrogen-bond donors (Lipinski definition) is 2. The van der Waals surface area contributed by atoms with E-state index in [0.717, 1.165) is 11.3 Å². The highest BCUT2D eigenvalue weighted by Gasteiger charge is 2.40. The topological polar surface area (TPSA) is 75.4 Å². The van der Waals surface area contributed by atoms with Crippen molar-refractivity contribution < 1.29 is 22.8 Å². The lowest BCUT2D eigenvalue weighted by atomic mass is 10.1. The largest absolute Gasteiger partial charge is 0.406 e. The van der Waals surface area contributed by atoms with Crippen molar-refractivity contribution in [3.63, 3.8) is 0 Å². The number of alkyl halides is 3. The lowest BCUT2D eigenvalue weighted by molar-refractivity contribution is -0.158. The number of nitrogens with zero attached hydrogens (tertiary/aromatic N) is 1. The number of rotatable bonds is 3. The predicted molar refractivity (Wildman–Crippen MR) is 64.5 cm³/mol. The van der Waals surface area contributed by atoms with Crippen molar-refractivity contribution >= 4 is 11.8 Å². The van der Waals surface area contributed by atoms with Crippen molar-refractivity contribution in [2.75, 3.05) is 13.1 Å². The first-order valence-electron chi connectivity index (χ1n) is 6.68. The Kier molecular flexibility index (Phi) is 4.22. The Morgan fingerprint density at radius 2 is 2.05 bits per heavy atom. The SMILES string of the molecule is NC1CCC(C(=O)NC2CCN(CC(F)(F)F)C2=O)C1. The molecule has 114 valence electrons. The molecular weight excluding hydrogens is 275 g/mol. The Morgan fingerprint density at radius 1 is 1.35 bits per heavy atom. The summed E-state index contributed by atoms with van der Waals surface area (Å²) in [4.78, 5) is 24.5. The average Bonchev–Trinajstić information content (AvgIpc) is 2.88. The summed E-state index contributed by atoms with van der Waals surface area (Å²) >= 11 is 0. The second-order valence-electron chi connectivity index (χ2n) is 5.49. The highest BCUT2D eigenvalue weighted by atomic mass is 19.4. The van der Waals surface area contributed by atoms with Crippen LogP contribution in [0.1, 0.15) is 25.7 Å². The first-order chi connectivity index (χ1) is 9.26. The van der Waals surface area contributed by atoms with E-state index in [0.29, 0.717) is 12.8 Å². The maximum atomic E-state index is 12.3. The van der Waals surface area contributed by atoms with Gasteiger partial charge in [-0.15, -0.1) is 0 Å². The van der Waals surface area contributed by atoms with Gasteiger partial charge in [-0.3, -0.25) is 9.59 Å². The molecule has 5 nitrogen and oxygen atoms in total. The average molecular weight is 293 g/mol. The van der Waals surface area contributed by atoms with Crippen LogP contribution in [0.15, 0.2) is 0 Å². The van der Waals surface area contributed by atoms with Gasteiger partial charge in [-0.25, -0.2) is 0 Å². The molecule has 0 aromatic rings. The molecule has 0 spiro atoms. The van der Waals surface area contributed by atoms with Crippen LogP contribution in [0.25, 0.3) is 0 Å². The molecule has 0 radical (unpaired) electrons. The van der Waals surface area contributed by atoms with Crippen LogP contribution in [0.5, 0.6) is 0 Å². The molecule has 1 aliphatic heterocycles.